The van der Waals surface area contributed by atoms with E-state index in [1.54, 1.807) is 49.6 Å². The molecule has 9 heteroatoms. The van der Waals surface area contributed by atoms with Gasteiger partial charge in [0.15, 0.2) is 6.79 Å². The van der Waals surface area contributed by atoms with Crippen molar-refractivity contribution in [1.29, 1.82) is 0 Å². The number of urea groups is 1. The number of benzene rings is 2. The van der Waals surface area contributed by atoms with Crippen LogP contribution in [0, 0.1) is 0 Å². The maximum Gasteiger partial charge on any atom is 0.343 e. The normalized spacial score (nSPS) is 10.3. The summed E-state index contributed by atoms with van der Waals surface area (Å²) in [6.45, 7) is 0.168. The topological polar surface area (TPSA) is 97.9 Å². The molecule has 3 rings (SSSR count). The second-order valence-corrected chi connectivity index (χ2v) is 7.11. The van der Waals surface area contributed by atoms with Gasteiger partial charge in [-0.2, -0.15) is 0 Å². The highest BCUT2D eigenvalue weighted by Crippen LogP contribution is 2.29. The van der Waals surface area contributed by atoms with E-state index >= 15 is 0 Å². The minimum Gasteiger partial charge on any atom is -0.468 e. The zero-order chi connectivity index (χ0) is 21.3. The minimum atomic E-state index is -0.460. The van der Waals surface area contributed by atoms with Crippen molar-refractivity contribution < 1.29 is 23.9 Å². The summed E-state index contributed by atoms with van der Waals surface area (Å²) in [4.78, 5) is 30.1. The van der Waals surface area contributed by atoms with Crippen LogP contribution in [0.2, 0.25) is 0 Å². The first kappa shape index (κ1) is 21.3. The summed E-state index contributed by atoms with van der Waals surface area (Å²) in [5, 5.41) is 5.50. The molecule has 0 spiro atoms. The van der Waals surface area contributed by atoms with E-state index in [4.69, 9.17) is 9.47 Å². The van der Waals surface area contributed by atoms with Gasteiger partial charge in [0.2, 0.25) is 0 Å². The molecule has 3 aromatic rings. The first-order chi connectivity index (χ1) is 14.6. The zero-order valence-electron chi connectivity index (χ0n) is 16.4. The Hall–Kier alpha value is -3.40. The number of anilines is 2. The van der Waals surface area contributed by atoms with E-state index in [1.165, 1.54) is 18.4 Å². The lowest BCUT2D eigenvalue weighted by Crippen LogP contribution is -2.27. The number of ether oxygens (including phenoxy) is 2. The van der Waals surface area contributed by atoms with Crippen LogP contribution in [0.3, 0.4) is 0 Å². The van der Waals surface area contributed by atoms with Gasteiger partial charge in [-0.15, -0.1) is 11.3 Å². The fourth-order valence-corrected chi connectivity index (χ4v) is 3.44. The fraction of sp³-hybridized carbons (Fsp3) is 0.143. The van der Waals surface area contributed by atoms with Gasteiger partial charge in [0.25, 0.3) is 5.91 Å². The van der Waals surface area contributed by atoms with E-state index in [0.29, 0.717) is 22.0 Å². The van der Waals surface area contributed by atoms with Crippen LogP contribution in [0.25, 0.3) is 10.4 Å². The smallest absolute Gasteiger partial charge is 0.343 e. The van der Waals surface area contributed by atoms with Crippen molar-refractivity contribution in [3.05, 3.63) is 65.5 Å². The summed E-state index contributed by atoms with van der Waals surface area (Å²) < 4.78 is 10.2. The number of nitrogens with one attached hydrogen (secondary N) is 3. The van der Waals surface area contributed by atoms with E-state index < -0.39 is 6.03 Å². The number of hydroxylamine groups is 1. The van der Waals surface area contributed by atoms with Crippen LogP contribution < -0.4 is 20.9 Å². The third-order valence-corrected chi connectivity index (χ3v) is 5.04. The minimum absolute atomic E-state index is 0.168. The third-order valence-electron chi connectivity index (χ3n) is 3.91. The van der Waals surface area contributed by atoms with Gasteiger partial charge in [0.05, 0.1) is 12.0 Å². The molecule has 0 aliphatic heterocycles. The maximum atomic E-state index is 12.5. The Balaban J connectivity index is 1.61. The molecular weight excluding hydrogens is 406 g/mol. The molecule has 3 amide bonds. The Morgan fingerprint density at radius 2 is 1.53 bits per heavy atom. The molecule has 0 atom stereocenters. The van der Waals surface area contributed by atoms with Crippen molar-refractivity contribution in [1.82, 2.24) is 5.48 Å². The zero-order valence-corrected chi connectivity index (χ0v) is 17.2. The predicted octanol–water partition coefficient (Wildman–Crippen LogP) is 4.33. The number of rotatable bonds is 8. The van der Waals surface area contributed by atoms with E-state index in [1.807, 2.05) is 18.2 Å². The van der Waals surface area contributed by atoms with Gasteiger partial charge >= 0.3 is 6.03 Å². The van der Waals surface area contributed by atoms with Gasteiger partial charge in [-0.05, 0) is 54.1 Å². The molecule has 0 radical (unpaired) electrons. The monoisotopic (exact) mass is 427 g/mol. The molecule has 8 nitrogen and oxygen atoms in total. The molecule has 3 N–H and O–H groups in total. The Morgan fingerprint density at radius 3 is 2.20 bits per heavy atom. The Morgan fingerprint density at radius 1 is 0.867 bits per heavy atom. The number of carbonyl (C=O) groups is 2. The summed E-state index contributed by atoms with van der Waals surface area (Å²) in [6.07, 6.45) is 0. The lowest BCUT2D eigenvalue weighted by Gasteiger charge is -2.07. The van der Waals surface area contributed by atoms with E-state index in [2.05, 4.69) is 21.0 Å². The fourth-order valence-electron chi connectivity index (χ4n) is 2.54. The standard InChI is InChI=1S/C21H21N3O5S/c1-27-13-29-17-9-7-15(8-10-17)22-20(25)19-12-11-18(30-19)14-3-5-16(6-4-14)23-21(26)24-28-2/h3-12H,13H2,1-2H3,(H,22,25)(H2,23,24,26). The summed E-state index contributed by atoms with van der Waals surface area (Å²) in [7, 11) is 2.91. The van der Waals surface area contributed by atoms with Crippen molar-refractivity contribution >= 4 is 34.6 Å². The van der Waals surface area contributed by atoms with Crippen LogP contribution in [0.15, 0.2) is 60.7 Å². The molecule has 1 heterocycles. The summed E-state index contributed by atoms with van der Waals surface area (Å²) in [5.74, 6) is 0.470. The van der Waals surface area contributed by atoms with E-state index in [0.717, 1.165) is 10.4 Å². The van der Waals surface area contributed by atoms with Crippen LogP contribution in [0.4, 0.5) is 16.2 Å². The van der Waals surface area contributed by atoms with E-state index in [-0.39, 0.29) is 12.7 Å². The van der Waals surface area contributed by atoms with Gasteiger partial charge in [-0.25, -0.2) is 10.3 Å². The van der Waals surface area contributed by atoms with Crippen LogP contribution in [-0.2, 0) is 9.57 Å². The molecule has 0 aliphatic carbocycles. The number of hydrogen-bond acceptors (Lipinski definition) is 6. The van der Waals surface area contributed by atoms with Crippen molar-refractivity contribution in [2.24, 2.45) is 0 Å². The molecule has 2 aromatic carbocycles. The largest absolute Gasteiger partial charge is 0.468 e. The predicted molar refractivity (Wildman–Crippen MR) is 116 cm³/mol. The van der Waals surface area contributed by atoms with Gasteiger partial charge in [0, 0.05) is 23.4 Å². The van der Waals surface area contributed by atoms with Crippen LogP contribution in [-0.4, -0.2) is 33.0 Å². The quantitative estimate of drug-likeness (QED) is 0.367. The SMILES string of the molecule is COCOc1ccc(NC(=O)c2ccc(-c3ccc(NC(=O)NOC)cc3)s2)cc1. The molecule has 156 valence electrons. The molecule has 0 saturated heterocycles. The van der Waals surface area contributed by atoms with Crippen LogP contribution >= 0.6 is 11.3 Å². The van der Waals surface area contributed by atoms with Crippen LogP contribution in [0.1, 0.15) is 9.67 Å². The maximum absolute atomic E-state index is 12.5. The molecule has 30 heavy (non-hydrogen) atoms. The molecule has 0 bridgehead atoms. The third kappa shape index (κ3) is 5.80. The molecule has 0 unspecified atom stereocenters. The molecule has 0 fully saturated rings. The number of carbonyl (C=O) groups excluding carboxylic acids is 2. The van der Waals surface area contributed by atoms with Crippen molar-refractivity contribution in [2.75, 3.05) is 31.6 Å². The lowest BCUT2D eigenvalue weighted by atomic mass is 10.2. The van der Waals surface area contributed by atoms with Gasteiger partial charge in [-0.1, -0.05) is 12.1 Å². The van der Waals surface area contributed by atoms with Crippen molar-refractivity contribution in [2.45, 2.75) is 0 Å². The van der Waals surface area contributed by atoms with Gasteiger partial charge < -0.3 is 20.1 Å². The highest BCUT2D eigenvalue weighted by atomic mass is 32.1. The number of hydrogen-bond donors (Lipinski definition) is 3. The summed E-state index contributed by atoms with van der Waals surface area (Å²) >= 11 is 1.38. The molecule has 1 aromatic heterocycles. The first-order valence-corrected chi connectivity index (χ1v) is 9.74. The summed E-state index contributed by atoms with van der Waals surface area (Å²) in [5.41, 5.74) is 4.42. The van der Waals surface area contributed by atoms with Crippen molar-refractivity contribution in [3.63, 3.8) is 0 Å². The highest BCUT2D eigenvalue weighted by Gasteiger charge is 2.11. The average molecular weight is 427 g/mol. The second kappa shape index (κ2) is 10.4. The van der Waals surface area contributed by atoms with Crippen LogP contribution in [0.5, 0.6) is 5.75 Å². The van der Waals surface area contributed by atoms with Gasteiger partial charge in [-0.3, -0.25) is 9.63 Å². The molecule has 0 saturated carbocycles. The Kier molecular flexibility index (Phi) is 7.39. The second-order valence-electron chi connectivity index (χ2n) is 6.03. The summed E-state index contributed by atoms with van der Waals surface area (Å²) in [6, 6.07) is 17.6. The lowest BCUT2D eigenvalue weighted by molar-refractivity contribution is 0.0511. The first-order valence-electron chi connectivity index (χ1n) is 8.92. The van der Waals surface area contributed by atoms with Gasteiger partial charge in [0.1, 0.15) is 5.75 Å². The molecular formula is C21H21N3O5S. The van der Waals surface area contributed by atoms with Crippen molar-refractivity contribution in [3.8, 4) is 16.2 Å². The Labute approximate surface area is 177 Å². The van der Waals surface area contributed by atoms with E-state index in [9.17, 15) is 9.59 Å². The number of methoxy groups -OCH3 is 1. The average Bonchev–Trinajstić information content (AvgIpc) is 3.24. The number of thiophene rings is 1. The molecule has 0 aliphatic rings. The highest BCUT2D eigenvalue weighted by molar-refractivity contribution is 7.17. The Bertz CT molecular complexity index is 987. The number of amides is 3.